The minimum absolute atomic E-state index is 0.231. The van der Waals surface area contributed by atoms with Crippen LogP contribution in [0.2, 0.25) is 0 Å². The summed E-state index contributed by atoms with van der Waals surface area (Å²) in [5.74, 6) is 3.22. The van der Waals surface area contributed by atoms with Crippen LogP contribution in [0, 0.1) is 23.2 Å². The first-order valence-corrected chi connectivity index (χ1v) is 7.74. The molecule has 0 aromatic heterocycles. The van der Waals surface area contributed by atoms with Gasteiger partial charge in [0.25, 0.3) is 0 Å². The van der Waals surface area contributed by atoms with Gasteiger partial charge in [-0.3, -0.25) is 4.79 Å². The molecular formula is C15H24N2O. The maximum atomic E-state index is 11.5. The van der Waals surface area contributed by atoms with E-state index in [0.29, 0.717) is 17.9 Å². The largest absolute Gasteiger partial charge is 0.354 e. The highest BCUT2D eigenvalue weighted by molar-refractivity contribution is 5.76. The summed E-state index contributed by atoms with van der Waals surface area (Å²) in [4.78, 5) is 11.5. The predicted octanol–water partition coefficient (Wildman–Crippen LogP) is 1.68. The highest BCUT2D eigenvalue weighted by Crippen LogP contribution is 2.61. The smallest absolute Gasteiger partial charge is 0.221 e. The number of rotatable bonds is 1. The molecule has 3 heteroatoms. The maximum absolute atomic E-state index is 11.5. The van der Waals surface area contributed by atoms with E-state index >= 15 is 0 Å². The van der Waals surface area contributed by atoms with Gasteiger partial charge in [-0.15, -0.1) is 0 Å². The summed E-state index contributed by atoms with van der Waals surface area (Å²) in [7, 11) is 0. The van der Waals surface area contributed by atoms with Gasteiger partial charge in [-0.1, -0.05) is 0 Å². The minimum Gasteiger partial charge on any atom is -0.354 e. The van der Waals surface area contributed by atoms with E-state index in [1.807, 2.05) is 0 Å². The molecule has 5 aliphatic rings. The first-order valence-electron chi connectivity index (χ1n) is 7.74. The third-order valence-electron chi connectivity index (χ3n) is 6.07. The molecule has 5 rings (SSSR count). The zero-order valence-corrected chi connectivity index (χ0v) is 11.1. The van der Waals surface area contributed by atoms with E-state index in [4.69, 9.17) is 0 Å². The Morgan fingerprint density at radius 1 is 1.00 bits per heavy atom. The van der Waals surface area contributed by atoms with Crippen molar-refractivity contribution in [3.8, 4) is 0 Å². The molecule has 0 aromatic carbocycles. The Hall–Kier alpha value is -0.570. The van der Waals surface area contributed by atoms with Crippen LogP contribution in [0.1, 0.15) is 44.9 Å². The highest BCUT2D eigenvalue weighted by Gasteiger charge is 2.54. The first kappa shape index (κ1) is 11.3. The Labute approximate surface area is 109 Å². The van der Waals surface area contributed by atoms with Gasteiger partial charge in [-0.25, -0.2) is 0 Å². The van der Waals surface area contributed by atoms with Crippen LogP contribution >= 0.6 is 0 Å². The van der Waals surface area contributed by atoms with Crippen molar-refractivity contribution >= 4 is 5.91 Å². The van der Waals surface area contributed by atoms with Crippen LogP contribution < -0.4 is 10.6 Å². The number of carbonyl (C=O) groups is 1. The summed E-state index contributed by atoms with van der Waals surface area (Å²) in [5, 5.41) is 6.80. The highest BCUT2D eigenvalue weighted by atomic mass is 16.1. The van der Waals surface area contributed by atoms with Gasteiger partial charge in [0.15, 0.2) is 0 Å². The summed E-state index contributed by atoms with van der Waals surface area (Å²) >= 11 is 0. The molecule has 1 atom stereocenters. The number of hydrogen-bond acceptors (Lipinski definition) is 2. The van der Waals surface area contributed by atoms with Crippen LogP contribution in [0.4, 0.5) is 0 Å². The maximum Gasteiger partial charge on any atom is 0.221 e. The number of nitrogens with one attached hydrogen (secondary N) is 2. The van der Waals surface area contributed by atoms with Gasteiger partial charge in [0.2, 0.25) is 5.91 Å². The molecule has 1 amide bonds. The Morgan fingerprint density at radius 2 is 1.61 bits per heavy atom. The van der Waals surface area contributed by atoms with E-state index in [0.717, 1.165) is 30.8 Å². The molecule has 5 fully saturated rings. The third kappa shape index (κ3) is 1.70. The lowest BCUT2D eigenvalue weighted by molar-refractivity contribution is -0.120. The molecule has 18 heavy (non-hydrogen) atoms. The van der Waals surface area contributed by atoms with Gasteiger partial charge < -0.3 is 10.6 Å². The second-order valence-electron chi connectivity index (χ2n) is 7.34. The molecule has 4 bridgehead atoms. The van der Waals surface area contributed by atoms with Gasteiger partial charge in [0.1, 0.15) is 0 Å². The quantitative estimate of drug-likeness (QED) is 0.741. The van der Waals surface area contributed by atoms with Crippen molar-refractivity contribution in [2.75, 3.05) is 13.1 Å². The molecule has 4 saturated carbocycles. The van der Waals surface area contributed by atoms with E-state index in [9.17, 15) is 4.79 Å². The van der Waals surface area contributed by atoms with Crippen molar-refractivity contribution in [1.29, 1.82) is 0 Å². The molecule has 4 aliphatic carbocycles. The number of amides is 1. The summed E-state index contributed by atoms with van der Waals surface area (Å²) in [6.45, 7) is 1.74. The third-order valence-corrected chi connectivity index (χ3v) is 6.07. The molecule has 1 heterocycles. The van der Waals surface area contributed by atoms with E-state index in [1.54, 1.807) is 0 Å². The average Bonchev–Trinajstić information content (AvgIpc) is 2.52. The van der Waals surface area contributed by atoms with Crippen molar-refractivity contribution < 1.29 is 4.79 Å². The molecule has 0 spiro atoms. The van der Waals surface area contributed by atoms with E-state index in [1.165, 1.54) is 38.5 Å². The molecule has 100 valence electrons. The van der Waals surface area contributed by atoms with Gasteiger partial charge in [0.05, 0.1) is 0 Å². The zero-order chi connectivity index (χ0) is 12.2. The standard InChI is InChI=1S/C15H24N2O/c18-14-1-2-16-13(9-17-14)15-6-10-3-11(7-15)5-12(4-10)8-15/h10-13,16H,1-9H2,(H,17,18). The molecule has 0 aromatic rings. The van der Waals surface area contributed by atoms with Crippen molar-refractivity contribution in [2.24, 2.45) is 23.2 Å². The van der Waals surface area contributed by atoms with Gasteiger partial charge in [0, 0.05) is 25.6 Å². The average molecular weight is 248 g/mol. The fourth-order valence-electron chi connectivity index (χ4n) is 5.77. The van der Waals surface area contributed by atoms with Crippen LogP contribution in [0.5, 0.6) is 0 Å². The zero-order valence-electron chi connectivity index (χ0n) is 11.1. The SMILES string of the molecule is O=C1CCNC(C23CC4CC(CC(C4)C2)C3)CN1. The second-order valence-corrected chi connectivity index (χ2v) is 7.34. The molecule has 1 aliphatic heterocycles. The van der Waals surface area contributed by atoms with E-state index in [2.05, 4.69) is 10.6 Å². The lowest BCUT2D eigenvalue weighted by Crippen LogP contribution is -2.58. The Kier molecular flexibility index (Phi) is 2.48. The Bertz CT molecular complexity index is 330. The Balaban J connectivity index is 1.57. The monoisotopic (exact) mass is 248 g/mol. The predicted molar refractivity (Wildman–Crippen MR) is 70.0 cm³/mol. The lowest BCUT2D eigenvalue weighted by Gasteiger charge is -2.59. The second kappa shape index (κ2) is 3.96. The van der Waals surface area contributed by atoms with E-state index < -0.39 is 0 Å². The molecule has 1 unspecified atom stereocenters. The molecule has 0 radical (unpaired) electrons. The fraction of sp³-hybridized carbons (Fsp3) is 0.933. The Morgan fingerprint density at radius 3 is 2.22 bits per heavy atom. The molecule has 2 N–H and O–H groups in total. The van der Waals surface area contributed by atoms with Gasteiger partial charge >= 0.3 is 0 Å². The number of hydrogen-bond donors (Lipinski definition) is 2. The molecule has 3 nitrogen and oxygen atoms in total. The van der Waals surface area contributed by atoms with Gasteiger partial charge in [-0.2, -0.15) is 0 Å². The van der Waals surface area contributed by atoms with Gasteiger partial charge in [-0.05, 0) is 61.7 Å². The number of carbonyl (C=O) groups excluding carboxylic acids is 1. The summed E-state index contributed by atoms with van der Waals surface area (Å²) in [5.41, 5.74) is 0.520. The van der Waals surface area contributed by atoms with Crippen molar-refractivity contribution in [3.05, 3.63) is 0 Å². The van der Waals surface area contributed by atoms with Crippen molar-refractivity contribution in [3.63, 3.8) is 0 Å². The van der Waals surface area contributed by atoms with E-state index in [-0.39, 0.29) is 5.91 Å². The molecular weight excluding hydrogens is 224 g/mol. The summed E-state index contributed by atoms with van der Waals surface area (Å²) < 4.78 is 0. The normalized spacial score (nSPS) is 51.0. The molecule has 1 saturated heterocycles. The van der Waals surface area contributed by atoms with Crippen LogP contribution in [0.25, 0.3) is 0 Å². The topological polar surface area (TPSA) is 41.1 Å². The first-order chi connectivity index (χ1) is 8.73. The lowest BCUT2D eigenvalue weighted by atomic mass is 9.47. The van der Waals surface area contributed by atoms with Crippen LogP contribution in [0.15, 0.2) is 0 Å². The van der Waals surface area contributed by atoms with Crippen LogP contribution in [-0.2, 0) is 4.79 Å². The van der Waals surface area contributed by atoms with Crippen LogP contribution in [-0.4, -0.2) is 25.0 Å². The summed E-state index contributed by atoms with van der Waals surface area (Å²) in [6, 6.07) is 0.539. The minimum atomic E-state index is 0.231. The van der Waals surface area contributed by atoms with Crippen molar-refractivity contribution in [2.45, 2.75) is 51.0 Å². The van der Waals surface area contributed by atoms with Crippen LogP contribution in [0.3, 0.4) is 0 Å². The fourth-order valence-corrected chi connectivity index (χ4v) is 5.77. The summed E-state index contributed by atoms with van der Waals surface area (Å²) in [6.07, 6.45) is 9.42. The van der Waals surface area contributed by atoms with Crippen molar-refractivity contribution in [1.82, 2.24) is 10.6 Å².